The first-order valence-electron chi connectivity index (χ1n) is 11.1. The van der Waals surface area contributed by atoms with Crippen molar-refractivity contribution in [2.24, 2.45) is 10.8 Å². The molecule has 0 saturated heterocycles. The summed E-state index contributed by atoms with van der Waals surface area (Å²) in [6.07, 6.45) is 8.22. The van der Waals surface area contributed by atoms with Crippen LogP contribution in [0.25, 0.3) is 11.3 Å². The van der Waals surface area contributed by atoms with Gasteiger partial charge in [-0.1, -0.05) is 24.3 Å². The molecule has 6 rings (SSSR count). The van der Waals surface area contributed by atoms with E-state index in [9.17, 15) is 15.0 Å². The van der Waals surface area contributed by atoms with Crippen LogP contribution in [0.2, 0.25) is 0 Å². The summed E-state index contributed by atoms with van der Waals surface area (Å²) in [6.45, 7) is 1.68. The molecule has 4 aliphatic rings. The van der Waals surface area contributed by atoms with Crippen molar-refractivity contribution in [2.75, 3.05) is 6.61 Å². The lowest BCUT2D eigenvalue weighted by Gasteiger charge is -2.54. The van der Waals surface area contributed by atoms with Crippen molar-refractivity contribution >= 4 is 5.97 Å². The number of ether oxygens (including phenoxy) is 1. The summed E-state index contributed by atoms with van der Waals surface area (Å²) < 4.78 is 7.56. The van der Waals surface area contributed by atoms with Crippen molar-refractivity contribution in [3.05, 3.63) is 42.4 Å². The number of benzene rings is 1. The van der Waals surface area contributed by atoms with Gasteiger partial charge in [-0.25, -0.2) is 4.98 Å². The summed E-state index contributed by atoms with van der Waals surface area (Å²) in [7, 11) is 0. The zero-order chi connectivity index (χ0) is 20.9. The van der Waals surface area contributed by atoms with Gasteiger partial charge in [0.1, 0.15) is 6.61 Å². The van der Waals surface area contributed by atoms with Crippen LogP contribution in [-0.4, -0.2) is 44.5 Å². The first-order valence-corrected chi connectivity index (χ1v) is 11.1. The van der Waals surface area contributed by atoms with Crippen LogP contribution in [0.1, 0.15) is 63.5 Å². The molecule has 0 amide bonds. The van der Waals surface area contributed by atoms with Gasteiger partial charge in [-0.2, -0.15) is 0 Å². The number of nitrogens with zero attached hydrogens (tertiary/aromatic N) is 2. The summed E-state index contributed by atoms with van der Waals surface area (Å²) in [4.78, 5) is 17.0. The van der Waals surface area contributed by atoms with Crippen LogP contribution in [0.15, 0.2) is 36.8 Å². The normalized spacial score (nSPS) is 31.1. The number of aromatic nitrogens is 2. The topological polar surface area (TPSA) is 84.6 Å². The molecule has 160 valence electrons. The first kappa shape index (κ1) is 19.8. The summed E-state index contributed by atoms with van der Waals surface area (Å²) in [6, 6.07) is 8.49. The summed E-state index contributed by atoms with van der Waals surface area (Å²) in [5.41, 5.74) is 3.04. The molecule has 2 aromatic rings. The fourth-order valence-electron chi connectivity index (χ4n) is 6.00. The molecule has 3 saturated carbocycles. The lowest BCUT2D eigenvalue weighted by Crippen LogP contribution is -2.51. The highest BCUT2D eigenvalue weighted by molar-refractivity contribution is 5.77. The Balaban J connectivity index is 1.30. The van der Waals surface area contributed by atoms with E-state index in [1.54, 1.807) is 6.92 Å². The third-order valence-electron chi connectivity index (χ3n) is 7.94. The molecule has 30 heavy (non-hydrogen) atoms. The van der Waals surface area contributed by atoms with E-state index in [4.69, 9.17) is 4.74 Å². The minimum absolute atomic E-state index is 0.0582. The Hall–Kier alpha value is -2.18. The number of hydrogen-bond donors (Lipinski definition) is 2. The van der Waals surface area contributed by atoms with E-state index in [1.165, 1.54) is 11.1 Å². The van der Waals surface area contributed by atoms with Gasteiger partial charge in [0.25, 0.3) is 0 Å². The second kappa shape index (κ2) is 7.20. The Labute approximate surface area is 176 Å². The Morgan fingerprint density at radius 3 is 2.60 bits per heavy atom. The standard InChI is InChI=1S/C24H30N2O4/c1-16(27)14-30-22(29)24-9-6-23(7-10-24,8-11-24)21(28)12-19-17-4-2-3-5-18(17)20-13-25-15-26(19)20/h2-5,13,15-16,19,21,27-28H,6-12,14H2,1H3. The fourth-order valence-corrected chi connectivity index (χ4v) is 6.00. The summed E-state index contributed by atoms with van der Waals surface area (Å²) in [5, 5.41) is 20.8. The number of aliphatic hydroxyl groups excluding tert-OH is 2. The van der Waals surface area contributed by atoms with Gasteiger partial charge in [0.05, 0.1) is 41.9 Å². The Morgan fingerprint density at radius 1 is 1.20 bits per heavy atom. The van der Waals surface area contributed by atoms with Crippen molar-refractivity contribution < 1.29 is 19.7 Å². The highest BCUT2D eigenvalue weighted by atomic mass is 16.5. The second-order valence-corrected chi connectivity index (χ2v) is 9.63. The van der Waals surface area contributed by atoms with Gasteiger partial charge >= 0.3 is 5.97 Å². The molecule has 6 nitrogen and oxygen atoms in total. The molecule has 3 fully saturated rings. The molecule has 1 aromatic heterocycles. The Kier molecular flexibility index (Phi) is 4.75. The SMILES string of the molecule is CC(O)COC(=O)C12CCC(C(O)CC3c4ccccc4-c4cncn43)(CC1)CC2. The second-order valence-electron chi connectivity index (χ2n) is 9.63. The third-order valence-corrected chi connectivity index (χ3v) is 7.94. The van der Waals surface area contributed by atoms with Crippen molar-refractivity contribution in [1.82, 2.24) is 9.55 Å². The van der Waals surface area contributed by atoms with Gasteiger partial charge < -0.3 is 19.5 Å². The maximum absolute atomic E-state index is 12.7. The van der Waals surface area contributed by atoms with Gasteiger partial charge in [-0.3, -0.25) is 4.79 Å². The lowest BCUT2D eigenvalue weighted by atomic mass is 9.51. The van der Waals surface area contributed by atoms with Crippen LogP contribution in [-0.2, 0) is 9.53 Å². The number of rotatable bonds is 6. The molecule has 3 unspecified atom stereocenters. The van der Waals surface area contributed by atoms with Crippen molar-refractivity contribution in [1.29, 1.82) is 0 Å². The molecule has 2 heterocycles. The number of carbonyl (C=O) groups is 1. The largest absolute Gasteiger partial charge is 0.463 e. The van der Waals surface area contributed by atoms with Gasteiger partial charge in [0.15, 0.2) is 0 Å². The van der Waals surface area contributed by atoms with E-state index in [0.29, 0.717) is 6.42 Å². The zero-order valence-corrected chi connectivity index (χ0v) is 17.5. The van der Waals surface area contributed by atoms with Crippen LogP contribution < -0.4 is 0 Å². The van der Waals surface area contributed by atoms with Gasteiger partial charge in [-0.05, 0) is 62.8 Å². The Bertz CT molecular complexity index is 926. The number of aliphatic hydroxyl groups is 2. The zero-order valence-electron chi connectivity index (χ0n) is 17.5. The summed E-state index contributed by atoms with van der Waals surface area (Å²) >= 11 is 0. The smallest absolute Gasteiger partial charge is 0.312 e. The maximum Gasteiger partial charge on any atom is 0.312 e. The van der Waals surface area contributed by atoms with E-state index in [0.717, 1.165) is 44.2 Å². The van der Waals surface area contributed by atoms with Gasteiger partial charge in [0, 0.05) is 5.56 Å². The van der Waals surface area contributed by atoms with E-state index >= 15 is 0 Å². The minimum Gasteiger partial charge on any atom is -0.463 e. The third kappa shape index (κ3) is 3.00. The van der Waals surface area contributed by atoms with Crippen LogP contribution in [0, 0.1) is 10.8 Å². The van der Waals surface area contributed by atoms with Crippen LogP contribution in [0.5, 0.6) is 0 Å². The van der Waals surface area contributed by atoms with E-state index in [2.05, 4.69) is 27.8 Å². The molecule has 1 aromatic carbocycles. The minimum atomic E-state index is -0.638. The van der Waals surface area contributed by atoms with Gasteiger partial charge in [0.2, 0.25) is 0 Å². The molecule has 6 heteroatoms. The average Bonchev–Trinajstić information content (AvgIpc) is 3.36. The van der Waals surface area contributed by atoms with E-state index < -0.39 is 17.6 Å². The van der Waals surface area contributed by atoms with Crippen molar-refractivity contribution in [3.8, 4) is 11.3 Å². The average molecular weight is 411 g/mol. The van der Waals surface area contributed by atoms with E-state index in [-0.39, 0.29) is 24.0 Å². The molecule has 3 aliphatic carbocycles. The molecule has 2 N–H and O–H groups in total. The highest BCUT2D eigenvalue weighted by Gasteiger charge is 2.56. The first-order chi connectivity index (χ1) is 14.4. The van der Waals surface area contributed by atoms with E-state index in [1.807, 2.05) is 18.6 Å². The lowest BCUT2D eigenvalue weighted by molar-refractivity contribution is -0.174. The number of esters is 1. The van der Waals surface area contributed by atoms with Crippen molar-refractivity contribution in [2.45, 2.75) is 70.1 Å². The molecule has 2 bridgehead atoms. The number of imidazole rings is 1. The van der Waals surface area contributed by atoms with Crippen LogP contribution in [0.3, 0.4) is 0 Å². The van der Waals surface area contributed by atoms with Gasteiger partial charge in [-0.15, -0.1) is 0 Å². The fraction of sp³-hybridized carbons (Fsp3) is 0.583. The maximum atomic E-state index is 12.7. The number of fused-ring (bicyclic) bond motifs is 6. The highest BCUT2D eigenvalue weighted by Crippen LogP contribution is 2.60. The predicted octanol–water partition coefficient (Wildman–Crippen LogP) is 3.47. The molecule has 1 aliphatic heterocycles. The van der Waals surface area contributed by atoms with Crippen molar-refractivity contribution in [3.63, 3.8) is 0 Å². The number of hydrogen-bond acceptors (Lipinski definition) is 5. The molecule has 3 atom stereocenters. The molecular formula is C24H30N2O4. The molecular weight excluding hydrogens is 380 g/mol. The Morgan fingerprint density at radius 2 is 1.90 bits per heavy atom. The monoisotopic (exact) mass is 410 g/mol. The molecule has 0 radical (unpaired) electrons. The van der Waals surface area contributed by atoms with Crippen LogP contribution >= 0.6 is 0 Å². The van der Waals surface area contributed by atoms with Crippen LogP contribution in [0.4, 0.5) is 0 Å². The number of carbonyl (C=O) groups excluding carboxylic acids is 1. The molecule has 0 spiro atoms. The summed E-state index contributed by atoms with van der Waals surface area (Å²) in [5.74, 6) is -0.168. The predicted molar refractivity (Wildman–Crippen MR) is 112 cm³/mol. The quantitative estimate of drug-likeness (QED) is 0.713.